The number of ether oxygens (including phenoxy) is 1. The van der Waals surface area contributed by atoms with Crippen molar-refractivity contribution in [1.29, 1.82) is 0 Å². The zero-order valence-corrected chi connectivity index (χ0v) is 23.0. The van der Waals surface area contributed by atoms with Gasteiger partial charge in [-0.2, -0.15) is 5.10 Å². The van der Waals surface area contributed by atoms with E-state index >= 15 is 0 Å². The molecule has 4 aromatic heterocycles. The normalized spacial score (nSPS) is 13.2. The predicted molar refractivity (Wildman–Crippen MR) is 150 cm³/mol. The van der Waals surface area contributed by atoms with Gasteiger partial charge in [0.15, 0.2) is 11.6 Å². The lowest BCUT2D eigenvalue weighted by atomic mass is 9.98. The van der Waals surface area contributed by atoms with Crippen molar-refractivity contribution in [2.75, 3.05) is 7.11 Å². The Morgan fingerprint density at radius 1 is 1.05 bits per heavy atom. The summed E-state index contributed by atoms with van der Waals surface area (Å²) in [4.78, 5) is 9.82. The average Bonchev–Trinajstić information content (AvgIpc) is 3.54. The molecule has 5 aromatic rings. The van der Waals surface area contributed by atoms with Crippen LogP contribution in [-0.2, 0) is 13.6 Å². The fourth-order valence-corrected chi connectivity index (χ4v) is 4.71. The van der Waals surface area contributed by atoms with Gasteiger partial charge in [0.1, 0.15) is 23.6 Å². The number of benzene rings is 1. The average molecular weight is 539 g/mol. The zero-order valence-electron chi connectivity index (χ0n) is 23.0. The summed E-state index contributed by atoms with van der Waals surface area (Å²) in [5, 5.41) is 16.3. The topological polar surface area (TPSA) is 95.6 Å². The van der Waals surface area contributed by atoms with Crippen molar-refractivity contribution in [3.05, 3.63) is 78.4 Å². The third-order valence-electron chi connectivity index (χ3n) is 6.99. The van der Waals surface area contributed by atoms with E-state index in [9.17, 15) is 4.39 Å². The predicted octanol–water partition coefficient (Wildman–Crippen LogP) is 5.31. The fraction of sp³-hybridized carbons (Fsp3) is 0.300. The maximum absolute atomic E-state index is 14.4. The van der Waals surface area contributed by atoms with E-state index < -0.39 is 0 Å². The van der Waals surface area contributed by atoms with Crippen LogP contribution in [0.1, 0.15) is 44.0 Å². The van der Waals surface area contributed by atoms with Gasteiger partial charge >= 0.3 is 0 Å². The van der Waals surface area contributed by atoms with Crippen LogP contribution in [0, 0.1) is 5.82 Å². The number of pyridine rings is 2. The molecule has 1 N–H and O–H groups in total. The van der Waals surface area contributed by atoms with E-state index in [-0.39, 0.29) is 5.82 Å². The third-order valence-corrected chi connectivity index (χ3v) is 6.99. The van der Waals surface area contributed by atoms with Gasteiger partial charge in [-0.15, -0.1) is 10.2 Å². The molecule has 6 rings (SSSR count). The van der Waals surface area contributed by atoms with Crippen molar-refractivity contribution in [3.63, 3.8) is 0 Å². The Hall–Kier alpha value is -4.44. The highest BCUT2D eigenvalue weighted by Gasteiger charge is 2.27. The highest BCUT2D eigenvalue weighted by atomic mass is 19.1. The number of aromatic nitrogens is 7. The van der Waals surface area contributed by atoms with Crippen molar-refractivity contribution in [2.24, 2.45) is 7.05 Å². The highest BCUT2D eigenvalue weighted by Crippen LogP contribution is 2.42. The smallest absolute Gasteiger partial charge is 0.164 e. The largest absolute Gasteiger partial charge is 0.494 e. The summed E-state index contributed by atoms with van der Waals surface area (Å²) >= 11 is 0. The zero-order chi connectivity index (χ0) is 27.8. The molecule has 0 aliphatic heterocycles. The molecule has 0 radical (unpaired) electrons. The molecule has 1 fully saturated rings. The molecule has 0 amide bonds. The number of methoxy groups -OCH3 is 1. The van der Waals surface area contributed by atoms with Crippen molar-refractivity contribution >= 4 is 0 Å². The quantitative estimate of drug-likeness (QED) is 0.272. The molecule has 0 bridgehead atoms. The maximum Gasteiger partial charge on any atom is 0.164 e. The van der Waals surface area contributed by atoms with Crippen LogP contribution in [0.25, 0.3) is 39.6 Å². The molecule has 204 valence electrons. The Balaban J connectivity index is 1.42. The first-order chi connectivity index (χ1) is 19.4. The molecule has 1 aliphatic carbocycles. The summed E-state index contributed by atoms with van der Waals surface area (Å²) < 4.78 is 23.6. The molecule has 1 aliphatic rings. The molecule has 0 spiro atoms. The fourth-order valence-electron chi connectivity index (χ4n) is 4.71. The minimum absolute atomic E-state index is 0.331. The number of rotatable bonds is 9. The number of hydrogen-bond donors (Lipinski definition) is 1. The van der Waals surface area contributed by atoms with Crippen molar-refractivity contribution in [1.82, 2.24) is 39.8 Å². The van der Waals surface area contributed by atoms with Crippen LogP contribution in [0.3, 0.4) is 0 Å². The van der Waals surface area contributed by atoms with Gasteiger partial charge in [0.05, 0.1) is 19.0 Å². The molecule has 10 heteroatoms. The molecule has 0 saturated heterocycles. The van der Waals surface area contributed by atoms with Crippen LogP contribution in [0.4, 0.5) is 4.39 Å². The molecule has 40 heavy (non-hydrogen) atoms. The summed E-state index contributed by atoms with van der Waals surface area (Å²) in [6, 6.07) is 13.1. The first-order valence-corrected chi connectivity index (χ1v) is 13.4. The van der Waals surface area contributed by atoms with Crippen LogP contribution in [0.5, 0.6) is 5.75 Å². The Kier molecular flexibility index (Phi) is 6.85. The second kappa shape index (κ2) is 10.6. The van der Waals surface area contributed by atoms with Crippen LogP contribution >= 0.6 is 0 Å². The summed E-state index contributed by atoms with van der Waals surface area (Å²) in [5.74, 6) is 2.01. The van der Waals surface area contributed by atoms with Crippen LogP contribution < -0.4 is 10.1 Å². The van der Waals surface area contributed by atoms with Crippen molar-refractivity contribution in [3.8, 4) is 45.3 Å². The Labute approximate surface area is 232 Å². The van der Waals surface area contributed by atoms with Gasteiger partial charge in [0, 0.05) is 48.6 Å². The van der Waals surface area contributed by atoms with Gasteiger partial charge in [-0.1, -0.05) is 19.9 Å². The van der Waals surface area contributed by atoms with E-state index in [1.165, 1.54) is 12.1 Å². The van der Waals surface area contributed by atoms with Gasteiger partial charge in [0.2, 0.25) is 0 Å². The Morgan fingerprint density at radius 3 is 2.62 bits per heavy atom. The molecule has 1 saturated carbocycles. The van der Waals surface area contributed by atoms with Crippen LogP contribution in [-0.4, -0.2) is 47.7 Å². The van der Waals surface area contributed by atoms with Gasteiger partial charge < -0.3 is 14.6 Å². The lowest BCUT2D eigenvalue weighted by Gasteiger charge is -2.13. The van der Waals surface area contributed by atoms with E-state index in [0.717, 1.165) is 46.6 Å². The van der Waals surface area contributed by atoms with E-state index in [0.29, 0.717) is 41.5 Å². The summed E-state index contributed by atoms with van der Waals surface area (Å²) in [7, 11) is 3.49. The summed E-state index contributed by atoms with van der Waals surface area (Å²) in [5.41, 5.74) is 5.89. The SMILES string of the molecule is COc1ccc(CNC(C)C)nc1-c1cnn(-c2cc(-c3ccc(F)cc3-c3nncn3C)cc(C3CC3)n2)c1. The maximum atomic E-state index is 14.4. The molecular weight excluding hydrogens is 507 g/mol. The number of halogens is 1. The number of nitrogens with one attached hydrogen (secondary N) is 1. The summed E-state index contributed by atoms with van der Waals surface area (Å²) in [6.45, 7) is 4.87. The lowest BCUT2D eigenvalue weighted by Crippen LogP contribution is -2.22. The first-order valence-electron chi connectivity index (χ1n) is 13.4. The minimum Gasteiger partial charge on any atom is -0.494 e. The minimum atomic E-state index is -0.331. The molecular formula is C30H31FN8O. The van der Waals surface area contributed by atoms with Crippen molar-refractivity contribution < 1.29 is 9.13 Å². The lowest BCUT2D eigenvalue weighted by molar-refractivity contribution is 0.414. The van der Waals surface area contributed by atoms with E-state index in [2.05, 4.69) is 40.5 Å². The van der Waals surface area contributed by atoms with Crippen LogP contribution in [0.2, 0.25) is 0 Å². The third kappa shape index (κ3) is 5.22. The molecule has 4 heterocycles. The molecule has 0 atom stereocenters. The summed E-state index contributed by atoms with van der Waals surface area (Å²) in [6.07, 6.45) is 7.50. The molecule has 1 aromatic carbocycles. The van der Waals surface area contributed by atoms with Gasteiger partial charge in [-0.25, -0.2) is 19.0 Å². The number of hydrogen-bond acceptors (Lipinski definition) is 7. The second-order valence-corrected chi connectivity index (χ2v) is 10.4. The molecule has 9 nitrogen and oxygen atoms in total. The van der Waals surface area contributed by atoms with Crippen LogP contribution in [0.15, 0.2) is 61.2 Å². The number of aryl methyl sites for hydroxylation is 1. The van der Waals surface area contributed by atoms with E-state index in [1.807, 2.05) is 31.4 Å². The van der Waals surface area contributed by atoms with E-state index in [4.69, 9.17) is 14.7 Å². The van der Waals surface area contributed by atoms with E-state index in [1.54, 1.807) is 34.9 Å². The van der Waals surface area contributed by atoms with Gasteiger partial charge in [0.25, 0.3) is 0 Å². The Morgan fingerprint density at radius 2 is 1.90 bits per heavy atom. The standard InChI is InChI=1S/C30H31FN8O/c1-18(2)32-15-23-8-10-27(40-4)29(35-23)21-14-34-39(16-21)28-12-20(11-26(36-28)19-5-6-19)24-9-7-22(31)13-25(24)30-37-33-17-38(30)3/h7-14,16-19,32H,5-6,15H2,1-4H3. The van der Waals surface area contributed by atoms with Crippen molar-refractivity contribution in [2.45, 2.75) is 45.2 Å². The highest BCUT2D eigenvalue weighted by molar-refractivity contribution is 5.81. The van der Waals surface area contributed by atoms with Gasteiger partial charge in [-0.3, -0.25) is 0 Å². The first kappa shape index (κ1) is 25.8. The second-order valence-electron chi connectivity index (χ2n) is 10.4. The molecule has 0 unspecified atom stereocenters. The monoisotopic (exact) mass is 538 g/mol. The Bertz CT molecular complexity index is 1670. The number of nitrogens with zero attached hydrogens (tertiary/aromatic N) is 7. The van der Waals surface area contributed by atoms with Gasteiger partial charge in [-0.05, 0) is 60.4 Å².